The number of carbonyl (C=O) groups is 1. The number of aromatic amines is 1. The quantitative estimate of drug-likeness (QED) is 0.642. The van der Waals surface area contributed by atoms with Gasteiger partial charge in [-0.25, -0.2) is 4.98 Å². The molecule has 0 aliphatic heterocycles. The number of carbonyl (C=O) groups excluding carboxylic acids is 1. The van der Waals surface area contributed by atoms with Crippen LogP contribution < -0.4 is 15.8 Å². The molecular formula is C14H15N3O4. The van der Waals surface area contributed by atoms with Crippen molar-refractivity contribution in [2.24, 2.45) is 0 Å². The number of nitrogens with one attached hydrogen (secondary N) is 1. The molecule has 7 heteroatoms. The molecule has 0 atom stereocenters. The van der Waals surface area contributed by atoms with Gasteiger partial charge in [0.25, 0.3) is 11.5 Å². The standard InChI is InChI=1S/C8H7NO4.C6H8N2/c10-8(11)5-6-1-3-7(4-2-6)9(12)13;1-5-2-3-8-6(7)4-5/h1-4H,5H2,(H,10,11);2-4H,1H3,(H2,7,8). The highest BCUT2D eigenvalue weighted by atomic mass is 16.6. The van der Waals surface area contributed by atoms with Crippen LogP contribution in [0.1, 0.15) is 11.1 Å². The van der Waals surface area contributed by atoms with E-state index in [1.165, 1.54) is 29.8 Å². The summed E-state index contributed by atoms with van der Waals surface area (Å²) in [5.74, 6) is -0.487. The van der Waals surface area contributed by atoms with Crippen LogP contribution in [0.5, 0.6) is 0 Å². The highest BCUT2D eigenvalue weighted by Gasteiger charge is 2.03. The van der Waals surface area contributed by atoms with Crippen LogP contribution in [0.25, 0.3) is 0 Å². The lowest BCUT2D eigenvalue weighted by Gasteiger charge is -2.00. The number of non-ortho nitro benzene ring substituents is 1. The lowest BCUT2D eigenvalue weighted by molar-refractivity contribution is -0.384. The van der Waals surface area contributed by atoms with E-state index in [1.54, 1.807) is 0 Å². The van der Waals surface area contributed by atoms with Crippen molar-refractivity contribution in [2.75, 3.05) is 5.73 Å². The van der Waals surface area contributed by atoms with Crippen LogP contribution in [0.3, 0.4) is 0 Å². The van der Waals surface area contributed by atoms with E-state index in [9.17, 15) is 20.0 Å². The number of pyridine rings is 1. The molecule has 0 radical (unpaired) electrons. The number of nitro groups is 1. The number of anilines is 1. The number of aromatic nitrogens is 1. The van der Waals surface area contributed by atoms with Crippen molar-refractivity contribution in [1.82, 2.24) is 0 Å². The summed E-state index contributed by atoms with van der Waals surface area (Å²) in [6.07, 6.45) is 1.60. The maximum absolute atomic E-state index is 10.2. The minimum atomic E-state index is -1.20. The Labute approximate surface area is 121 Å². The van der Waals surface area contributed by atoms with Crippen molar-refractivity contribution >= 4 is 17.5 Å². The highest BCUT2D eigenvalue weighted by molar-refractivity contribution is 5.68. The van der Waals surface area contributed by atoms with Gasteiger partial charge in [-0.15, -0.1) is 0 Å². The molecule has 1 aromatic carbocycles. The zero-order chi connectivity index (χ0) is 15.8. The van der Waals surface area contributed by atoms with Crippen molar-refractivity contribution in [2.45, 2.75) is 13.3 Å². The van der Waals surface area contributed by atoms with Crippen molar-refractivity contribution in [3.05, 3.63) is 63.8 Å². The van der Waals surface area contributed by atoms with Crippen LogP contribution in [0.15, 0.2) is 42.6 Å². The Morgan fingerprint density at radius 1 is 1.29 bits per heavy atom. The second-order valence-electron chi connectivity index (χ2n) is 4.29. The van der Waals surface area contributed by atoms with E-state index in [-0.39, 0.29) is 12.1 Å². The molecule has 110 valence electrons. The molecule has 3 N–H and O–H groups in total. The van der Waals surface area contributed by atoms with Crippen LogP contribution in [0.2, 0.25) is 0 Å². The summed E-state index contributed by atoms with van der Waals surface area (Å²) in [5.41, 5.74) is 7.02. The van der Waals surface area contributed by atoms with Gasteiger partial charge in [0, 0.05) is 30.6 Å². The number of nitrogen functional groups attached to an aromatic ring is 1. The number of hydrogen-bond donors (Lipinski definition) is 1. The minimum absolute atomic E-state index is 0.0536. The first kappa shape index (κ1) is 16.1. The number of nitrogens with zero attached hydrogens (tertiary/aromatic N) is 1. The maximum atomic E-state index is 10.2. The van der Waals surface area contributed by atoms with E-state index < -0.39 is 10.9 Å². The Morgan fingerprint density at radius 3 is 2.29 bits per heavy atom. The van der Waals surface area contributed by atoms with Crippen LogP contribution in [-0.4, -0.2) is 10.9 Å². The predicted octanol–water partition coefficient (Wildman–Crippen LogP) is 0.279. The molecule has 2 aromatic rings. The summed E-state index contributed by atoms with van der Waals surface area (Å²) in [6, 6.07) is 9.18. The number of hydrogen-bond acceptors (Lipinski definition) is 5. The molecule has 0 aliphatic rings. The number of rotatable bonds is 3. The first-order valence-corrected chi connectivity index (χ1v) is 6.05. The average molecular weight is 289 g/mol. The molecule has 0 saturated carbocycles. The summed E-state index contributed by atoms with van der Waals surface area (Å²) < 4.78 is 0. The van der Waals surface area contributed by atoms with E-state index in [2.05, 4.69) is 4.98 Å². The number of nitro benzene ring substituents is 1. The summed E-state index contributed by atoms with van der Waals surface area (Å²) in [5, 5.41) is 20.4. The Kier molecular flexibility index (Phi) is 5.81. The van der Waals surface area contributed by atoms with Crippen LogP contribution >= 0.6 is 0 Å². The number of nitrogens with two attached hydrogens (primary N) is 1. The lowest BCUT2D eigenvalue weighted by Crippen LogP contribution is -2.24. The van der Waals surface area contributed by atoms with Crippen LogP contribution in [0.4, 0.5) is 11.5 Å². The Bertz CT molecular complexity index is 609. The number of carboxylic acid groups (broad SMARTS) is 1. The fourth-order valence-corrected chi connectivity index (χ4v) is 1.51. The lowest BCUT2D eigenvalue weighted by atomic mass is 10.1. The van der Waals surface area contributed by atoms with Crippen LogP contribution in [0, 0.1) is 17.0 Å². The Morgan fingerprint density at radius 2 is 1.90 bits per heavy atom. The van der Waals surface area contributed by atoms with Gasteiger partial charge in [0.1, 0.15) is 0 Å². The molecule has 0 aliphatic carbocycles. The number of carboxylic acids is 1. The monoisotopic (exact) mass is 289 g/mol. The van der Waals surface area contributed by atoms with E-state index in [0.717, 1.165) is 0 Å². The third-order valence-electron chi connectivity index (χ3n) is 2.48. The van der Waals surface area contributed by atoms with E-state index in [4.69, 9.17) is 5.73 Å². The molecule has 7 nitrogen and oxygen atoms in total. The minimum Gasteiger partial charge on any atom is -0.550 e. The molecular weight excluding hydrogens is 274 g/mol. The number of aryl methyl sites for hydroxylation is 1. The van der Waals surface area contributed by atoms with Gasteiger partial charge in [-0.05, 0) is 24.1 Å². The van der Waals surface area contributed by atoms with Gasteiger partial charge in [-0.2, -0.15) is 0 Å². The second-order valence-corrected chi connectivity index (χ2v) is 4.29. The van der Waals surface area contributed by atoms with Crippen molar-refractivity contribution in [1.29, 1.82) is 0 Å². The second kappa shape index (κ2) is 7.59. The molecule has 1 heterocycles. The summed E-state index contributed by atoms with van der Waals surface area (Å²) >= 11 is 0. The molecule has 2 rings (SSSR count). The van der Waals surface area contributed by atoms with E-state index >= 15 is 0 Å². The molecule has 0 spiro atoms. The Balaban J connectivity index is 0.000000235. The zero-order valence-electron chi connectivity index (χ0n) is 11.4. The number of aliphatic carboxylic acids is 1. The largest absolute Gasteiger partial charge is 0.550 e. The van der Waals surface area contributed by atoms with Gasteiger partial charge < -0.3 is 9.90 Å². The van der Waals surface area contributed by atoms with Gasteiger partial charge >= 0.3 is 0 Å². The average Bonchev–Trinajstić information content (AvgIpc) is 2.39. The smallest absolute Gasteiger partial charge is 0.270 e. The highest BCUT2D eigenvalue weighted by Crippen LogP contribution is 2.11. The van der Waals surface area contributed by atoms with E-state index in [1.807, 2.05) is 25.3 Å². The Hall–Kier alpha value is -2.96. The van der Waals surface area contributed by atoms with Gasteiger partial charge in [0.15, 0.2) is 0 Å². The van der Waals surface area contributed by atoms with Gasteiger partial charge in [0.05, 0.1) is 11.1 Å². The van der Waals surface area contributed by atoms with Gasteiger partial charge in [-0.1, -0.05) is 12.1 Å². The first-order chi connectivity index (χ1) is 9.88. The van der Waals surface area contributed by atoms with Crippen molar-refractivity contribution < 1.29 is 19.8 Å². The van der Waals surface area contributed by atoms with Crippen LogP contribution in [-0.2, 0) is 11.2 Å². The fourth-order valence-electron chi connectivity index (χ4n) is 1.51. The summed E-state index contributed by atoms with van der Waals surface area (Å²) in [6.45, 7) is 2.00. The normalized spacial score (nSPS) is 9.38. The molecule has 0 unspecified atom stereocenters. The van der Waals surface area contributed by atoms with Gasteiger partial charge in [-0.3, -0.25) is 15.8 Å². The molecule has 0 saturated heterocycles. The fraction of sp³-hybridized carbons (Fsp3) is 0.143. The third kappa shape index (κ3) is 6.15. The van der Waals surface area contributed by atoms with Crippen molar-refractivity contribution in [3.8, 4) is 0 Å². The van der Waals surface area contributed by atoms with E-state index in [0.29, 0.717) is 11.4 Å². The summed E-state index contributed by atoms with van der Waals surface area (Å²) in [4.78, 5) is 22.7. The number of benzene rings is 1. The number of H-pyrrole nitrogens is 1. The zero-order valence-corrected chi connectivity index (χ0v) is 11.4. The first-order valence-electron chi connectivity index (χ1n) is 6.05. The maximum Gasteiger partial charge on any atom is 0.270 e. The SMILES string of the molecule is Cc1cc[nH+]c(N)c1.O=C([O-])Cc1ccc([N+](=O)[O-])cc1. The predicted molar refractivity (Wildman–Crippen MR) is 74.0 cm³/mol. The third-order valence-corrected chi connectivity index (χ3v) is 2.48. The molecule has 0 bridgehead atoms. The molecule has 21 heavy (non-hydrogen) atoms. The topological polar surface area (TPSA) is 123 Å². The summed E-state index contributed by atoms with van der Waals surface area (Å²) in [7, 11) is 0. The van der Waals surface area contributed by atoms with Gasteiger partial charge in [0.2, 0.25) is 0 Å². The molecule has 1 aromatic heterocycles. The molecule has 0 amide bonds. The van der Waals surface area contributed by atoms with Crippen molar-refractivity contribution in [3.63, 3.8) is 0 Å². The molecule has 0 fully saturated rings.